The van der Waals surface area contributed by atoms with Crippen molar-refractivity contribution in [3.05, 3.63) is 46.4 Å². The zero-order valence-electron chi connectivity index (χ0n) is 12.0. The zero-order valence-corrected chi connectivity index (χ0v) is 12.0. The molecule has 0 spiro atoms. The van der Waals surface area contributed by atoms with Crippen LogP contribution in [-0.2, 0) is 6.42 Å². The molecule has 0 fully saturated rings. The molecule has 0 radical (unpaired) electrons. The van der Waals surface area contributed by atoms with Gasteiger partial charge in [-0.05, 0) is 26.0 Å². The molecule has 112 valence electrons. The molecule has 1 unspecified atom stereocenters. The number of hydrogen-bond donors (Lipinski definition) is 2. The van der Waals surface area contributed by atoms with E-state index < -0.39 is 4.92 Å². The van der Waals surface area contributed by atoms with Crippen molar-refractivity contribution >= 4 is 17.3 Å². The van der Waals surface area contributed by atoms with Gasteiger partial charge in [0.05, 0.1) is 23.3 Å². The van der Waals surface area contributed by atoms with E-state index in [0.717, 1.165) is 5.76 Å². The summed E-state index contributed by atoms with van der Waals surface area (Å²) >= 11 is 0. The molecular formula is C14H18N4O3. The molecule has 2 aromatic heterocycles. The number of pyridine rings is 1. The summed E-state index contributed by atoms with van der Waals surface area (Å²) in [7, 11) is 0. The lowest BCUT2D eigenvalue weighted by atomic mass is 10.2. The molecule has 1 atom stereocenters. The maximum absolute atomic E-state index is 11.0. The minimum absolute atomic E-state index is 0.00801. The van der Waals surface area contributed by atoms with Crippen LogP contribution in [0.5, 0.6) is 0 Å². The number of furan rings is 1. The number of nitrogens with zero attached hydrogens (tertiary/aromatic N) is 2. The molecule has 0 amide bonds. The van der Waals surface area contributed by atoms with Crippen molar-refractivity contribution in [2.75, 3.05) is 17.2 Å². The van der Waals surface area contributed by atoms with Crippen molar-refractivity contribution in [1.82, 2.24) is 4.98 Å². The average Bonchev–Trinajstić information content (AvgIpc) is 2.91. The highest BCUT2D eigenvalue weighted by atomic mass is 16.6. The molecule has 2 aromatic rings. The molecule has 7 heteroatoms. The van der Waals surface area contributed by atoms with E-state index in [1.54, 1.807) is 6.26 Å². The Bertz CT molecular complexity index is 598. The number of nitro groups is 1. The van der Waals surface area contributed by atoms with E-state index in [9.17, 15) is 10.1 Å². The molecule has 0 aliphatic rings. The first-order valence-electron chi connectivity index (χ1n) is 6.77. The van der Waals surface area contributed by atoms with Crippen LogP contribution in [0.25, 0.3) is 0 Å². The van der Waals surface area contributed by atoms with Gasteiger partial charge in [0.1, 0.15) is 17.4 Å². The summed E-state index contributed by atoms with van der Waals surface area (Å²) in [6.45, 7) is 4.53. The van der Waals surface area contributed by atoms with E-state index >= 15 is 0 Å². The van der Waals surface area contributed by atoms with E-state index in [4.69, 9.17) is 4.42 Å². The lowest BCUT2D eigenvalue weighted by molar-refractivity contribution is -0.384. The van der Waals surface area contributed by atoms with Gasteiger partial charge in [0, 0.05) is 19.0 Å². The largest absolute Gasteiger partial charge is 0.469 e. The third-order valence-corrected chi connectivity index (χ3v) is 2.86. The fraction of sp³-hybridized carbons (Fsp3) is 0.357. The van der Waals surface area contributed by atoms with Crippen LogP contribution in [0, 0.1) is 10.1 Å². The molecule has 2 rings (SSSR count). The summed E-state index contributed by atoms with van der Waals surface area (Å²) in [6, 6.07) is 6.62. The lowest BCUT2D eigenvalue weighted by Gasteiger charge is -2.14. The Balaban J connectivity index is 2.12. The highest BCUT2D eigenvalue weighted by Gasteiger charge is 2.13. The van der Waals surface area contributed by atoms with E-state index in [2.05, 4.69) is 15.6 Å². The first-order valence-corrected chi connectivity index (χ1v) is 6.77. The lowest BCUT2D eigenvalue weighted by Crippen LogP contribution is -2.19. The van der Waals surface area contributed by atoms with E-state index in [1.807, 2.05) is 26.0 Å². The van der Waals surface area contributed by atoms with Gasteiger partial charge < -0.3 is 15.1 Å². The standard InChI is InChI=1S/C14H18N4O3/c1-3-15-13-8-11(18(19)20)9-14(17-13)16-10(2)7-12-5-4-6-21-12/h4-6,8-10H,3,7H2,1-2H3,(H2,15,16,17). The van der Waals surface area contributed by atoms with E-state index in [-0.39, 0.29) is 11.7 Å². The fourth-order valence-corrected chi connectivity index (χ4v) is 2.00. The summed E-state index contributed by atoms with van der Waals surface area (Å²) in [4.78, 5) is 14.9. The van der Waals surface area contributed by atoms with Crippen molar-refractivity contribution < 1.29 is 9.34 Å². The van der Waals surface area contributed by atoms with Crippen LogP contribution in [0.4, 0.5) is 17.3 Å². The Morgan fingerprint density at radius 2 is 2.19 bits per heavy atom. The first kappa shape index (κ1) is 14.8. The Hall–Kier alpha value is -2.57. The number of aromatic nitrogens is 1. The van der Waals surface area contributed by atoms with Crippen LogP contribution in [0.3, 0.4) is 0 Å². The molecule has 0 aromatic carbocycles. The smallest absolute Gasteiger partial charge is 0.276 e. The van der Waals surface area contributed by atoms with Gasteiger partial charge in [-0.1, -0.05) is 0 Å². The maximum atomic E-state index is 11.0. The van der Waals surface area contributed by atoms with Gasteiger partial charge in [-0.3, -0.25) is 10.1 Å². The number of hydrogen-bond acceptors (Lipinski definition) is 6. The number of nitrogens with one attached hydrogen (secondary N) is 2. The monoisotopic (exact) mass is 290 g/mol. The first-order chi connectivity index (χ1) is 10.1. The van der Waals surface area contributed by atoms with Crippen molar-refractivity contribution in [3.8, 4) is 0 Å². The molecule has 0 bridgehead atoms. The minimum Gasteiger partial charge on any atom is -0.469 e. The number of anilines is 2. The van der Waals surface area contributed by atoms with Crippen LogP contribution in [-0.4, -0.2) is 22.5 Å². The second kappa shape index (κ2) is 6.74. The molecule has 0 aliphatic carbocycles. The van der Waals surface area contributed by atoms with Gasteiger partial charge in [0.25, 0.3) is 5.69 Å². The maximum Gasteiger partial charge on any atom is 0.276 e. The Morgan fingerprint density at radius 1 is 1.43 bits per heavy atom. The zero-order chi connectivity index (χ0) is 15.2. The van der Waals surface area contributed by atoms with Crippen LogP contribution in [0.2, 0.25) is 0 Å². The highest BCUT2D eigenvalue weighted by Crippen LogP contribution is 2.21. The average molecular weight is 290 g/mol. The highest BCUT2D eigenvalue weighted by molar-refractivity contribution is 5.55. The van der Waals surface area contributed by atoms with Crippen molar-refractivity contribution in [2.24, 2.45) is 0 Å². The van der Waals surface area contributed by atoms with Gasteiger partial charge in [0.2, 0.25) is 0 Å². The molecule has 0 saturated carbocycles. The van der Waals surface area contributed by atoms with E-state index in [1.165, 1.54) is 12.1 Å². The second-order valence-electron chi connectivity index (χ2n) is 4.71. The van der Waals surface area contributed by atoms with Gasteiger partial charge in [-0.2, -0.15) is 0 Å². The van der Waals surface area contributed by atoms with Gasteiger partial charge in [-0.25, -0.2) is 4.98 Å². The fourth-order valence-electron chi connectivity index (χ4n) is 2.00. The van der Waals surface area contributed by atoms with Crippen LogP contribution in [0.15, 0.2) is 34.9 Å². The Morgan fingerprint density at radius 3 is 2.81 bits per heavy atom. The summed E-state index contributed by atoms with van der Waals surface area (Å²) in [6.07, 6.45) is 2.30. The summed E-state index contributed by atoms with van der Waals surface area (Å²) < 4.78 is 5.29. The van der Waals surface area contributed by atoms with Crippen molar-refractivity contribution in [2.45, 2.75) is 26.3 Å². The summed E-state index contributed by atoms with van der Waals surface area (Å²) in [5.74, 6) is 1.81. The predicted octanol–water partition coefficient (Wildman–Crippen LogP) is 3.06. The van der Waals surface area contributed by atoms with Crippen LogP contribution >= 0.6 is 0 Å². The third-order valence-electron chi connectivity index (χ3n) is 2.86. The topological polar surface area (TPSA) is 93.2 Å². The number of rotatable bonds is 7. The van der Waals surface area contributed by atoms with Gasteiger partial charge >= 0.3 is 0 Å². The van der Waals surface area contributed by atoms with Gasteiger partial charge in [-0.15, -0.1) is 0 Å². The minimum atomic E-state index is -0.426. The Kier molecular flexibility index (Phi) is 4.76. The quantitative estimate of drug-likeness (QED) is 0.601. The third kappa shape index (κ3) is 4.20. The summed E-state index contributed by atoms with van der Waals surface area (Å²) in [5, 5.41) is 17.1. The normalized spacial score (nSPS) is 11.9. The van der Waals surface area contributed by atoms with Crippen molar-refractivity contribution in [1.29, 1.82) is 0 Å². The summed E-state index contributed by atoms with van der Waals surface area (Å²) in [5.41, 5.74) is 0.00801. The Labute approximate surface area is 122 Å². The SMILES string of the molecule is CCNc1cc([N+](=O)[O-])cc(NC(C)Cc2ccco2)n1. The van der Waals surface area contributed by atoms with Crippen LogP contribution in [0.1, 0.15) is 19.6 Å². The van der Waals surface area contributed by atoms with Crippen molar-refractivity contribution in [3.63, 3.8) is 0 Å². The molecule has 0 aliphatic heterocycles. The van der Waals surface area contributed by atoms with E-state index in [0.29, 0.717) is 24.6 Å². The molecule has 2 N–H and O–H groups in total. The molecule has 0 saturated heterocycles. The van der Waals surface area contributed by atoms with Gasteiger partial charge in [0.15, 0.2) is 0 Å². The molecule has 7 nitrogen and oxygen atoms in total. The molecule has 2 heterocycles. The molecular weight excluding hydrogens is 272 g/mol. The predicted molar refractivity (Wildman–Crippen MR) is 80.6 cm³/mol. The molecule has 21 heavy (non-hydrogen) atoms. The second-order valence-corrected chi connectivity index (χ2v) is 4.71. The van der Waals surface area contributed by atoms with Crippen LogP contribution < -0.4 is 10.6 Å².